The molecule has 1 aliphatic carbocycles. The van der Waals surface area contributed by atoms with Gasteiger partial charge in [0.25, 0.3) is 15.9 Å². The van der Waals surface area contributed by atoms with Crippen LogP contribution in [0.15, 0.2) is 58.5 Å². The van der Waals surface area contributed by atoms with Crippen LogP contribution in [0.25, 0.3) is 0 Å². The number of amides is 1. The number of halogens is 1. The van der Waals surface area contributed by atoms with E-state index in [9.17, 15) is 13.2 Å². The van der Waals surface area contributed by atoms with Crippen LogP contribution in [0.4, 0.5) is 5.69 Å². The van der Waals surface area contributed by atoms with E-state index >= 15 is 0 Å². The van der Waals surface area contributed by atoms with Crippen molar-refractivity contribution in [3.05, 3.63) is 53.6 Å². The van der Waals surface area contributed by atoms with Crippen LogP contribution in [0.2, 0.25) is 5.02 Å². The lowest BCUT2D eigenvalue weighted by Crippen LogP contribution is -2.40. The molecule has 1 amide bonds. The number of methoxy groups -OCH3 is 1. The van der Waals surface area contributed by atoms with E-state index in [0.717, 1.165) is 48.5 Å². The summed E-state index contributed by atoms with van der Waals surface area (Å²) in [6.07, 6.45) is 7.32. The SMILES string of the molecule is COc1ccc(Cl)cc1N(CC(=O)NN=C1CCCCCCC1)S(=O)(=O)c1ccccc1. The minimum absolute atomic E-state index is 0.0566. The maximum absolute atomic E-state index is 13.4. The summed E-state index contributed by atoms with van der Waals surface area (Å²) in [6.45, 7) is -0.468. The third-order valence-corrected chi connectivity index (χ3v) is 7.31. The highest BCUT2D eigenvalue weighted by atomic mass is 35.5. The zero-order chi connectivity index (χ0) is 23.0. The van der Waals surface area contributed by atoms with E-state index in [2.05, 4.69) is 10.5 Å². The summed E-state index contributed by atoms with van der Waals surface area (Å²) in [5.41, 5.74) is 3.66. The molecule has 1 aliphatic rings. The molecule has 9 heteroatoms. The second kappa shape index (κ2) is 11.3. The van der Waals surface area contributed by atoms with E-state index in [-0.39, 0.29) is 16.3 Å². The smallest absolute Gasteiger partial charge is 0.264 e. The molecule has 0 radical (unpaired) electrons. The van der Waals surface area contributed by atoms with Crippen molar-refractivity contribution in [2.75, 3.05) is 18.0 Å². The van der Waals surface area contributed by atoms with E-state index < -0.39 is 22.5 Å². The summed E-state index contributed by atoms with van der Waals surface area (Å²) in [4.78, 5) is 12.8. The van der Waals surface area contributed by atoms with Gasteiger partial charge in [-0.05, 0) is 56.0 Å². The van der Waals surface area contributed by atoms with E-state index in [1.807, 2.05) is 0 Å². The van der Waals surface area contributed by atoms with Gasteiger partial charge in [0, 0.05) is 10.7 Å². The Morgan fingerprint density at radius 1 is 1.06 bits per heavy atom. The van der Waals surface area contributed by atoms with Crippen molar-refractivity contribution in [3.8, 4) is 5.75 Å². The molecule has 0 heterocycles. The number of ether oxygens (including phenoxy) is 1. The van der Waals surface area contributed by atoms with Crippen LogP contribution in [-0.2, 0) is 14.8 Å². The first-order chi connectivity index (χ1) is 15.4. The molecule has 0 atom stereocenters. The summed E-state index contributed by atoms with van der Waals surface area (Å²) in [5, 5.41) is 4.61. The standard InChI is InChI=1S/C23H28ClN3O4S/c1-31-22-15-14-18(24)16-21(22)27(32(29,30)20-12-8-5-9-13-20)17-23(28)26-25-19-10-6-3-2-4-7-11-19/h5,8-9,12-16H,2-4,6-7,10-11,17H2,1H3,(H,26,28). The van der Waals surface area contributed by atoms with Gasteiger partial charge in [0.1, 0.15) is 12.3 Å². The van der Waals surface area contributed by atoms with Gasteiger partial charge >= 0.3 is 0 Å². The molecule has 7 nitrogen and oxygen atoms in total. The molecule has 1 fully saturated rings. The van der Waals surface area contributed by atoms with Crippen LogP contribution in [0.5, 0.6) is 5.75 Å². The topological polar surface area (TPSA) is 88.1 Å². The Kier molecular flexibility index (Phi) is 8.53. The van der Waals surface area contributed by atoms with Crippen LogP contribution in [0.3, 0.4) is 0 Å². The predicted molar refractivity (Wildman–Crippen MR) is 127 cm³/mol. The van der Waals surface area contributed by atoms with Crippen molar-refractivity contribution in [3.63, 3.8) is 0 Å². The lowest BCUT2D eigenvalue weighted by molar-refractivity contribution is -0.119. The maximum Gasteiger partial charge on any atom is 0.264 e. The van der Waals surface area contributed by atoms with Crippen LogP contribution < -0.4 is 14.5 Å². The second-order valence-corrected chi connectivity index (χ2v) is 9.92. The van der Waals surface area contributed by atoms with E-state index in [0.29, 0.717) is 5.02 Å². The Labute approximate surface area is 194 Å². The number of hydrazone groups is 1. The van der Waals surface area contributed by atoms with Gasteiger partial charge in [-0.1, -0.05) is 49.1 Å². The minimum atomic E-state index is -4.07. The van der Waals surface area contributed by atoms with Gasteiger partial charge < -0.3 is 4.74 Å². The van der Waals surface area contributed by atoms with Crippen LogP contribution in [-0.4, -0.2) is 33.7 Å². The predicted octanol–water partition coefficient (Wildman–Crippen LogP) is 4.76. The summed E-state index contributed by atoms with van der Waals surface area (Å²) >= 11 is 6.14. The van der Waals surface area contributed by atoms with Gasteiger partial charge in [0.2, 0.25) is 0 Å². The first kappa shape index (κ1) is 24.1. The van der Waals surface area contributed by atoms with Crippen molar-refractivity contribution < 1.29 is 17.9 Å². The van der Waals surface area contributed by atoms with E-state index in [1.54, 1.807) is 30.3 Å². The fourth-order valence-corrected chi connectivity index (χ4v) is 5.22. The molecule has 2 aromatic carbocycles. The van der Waals surface area contributed by atoms with Crippen LogP contribution in [0.1, 0.15) is 44.9 Å². The molecule has 2 aromatic rings. The first-order valence-electron chi connectivity index (χ1n) is 10.7. The van der Waals surface area contributed by atoms with Crippen molar-refractivity contribution in [2.45, 2.75) is 49.8 Å². The molecule has 172 valence electrons. The lowest BCUT2D eigenvalue weighted by atomic mass is 9.99. The van der Waals surface area contributed by atoms with Gasteiger partial charge in [-0.2, -0.15) is 5.10 Å². The molecule has 0 aliphatic heterocycles. The molecule has 1 saturated carbocycles. The first-order valence-corrected chi connectivity index (χ1v) is 12.5. The molecule has 32 heavy (non-hydrogen) atoms. The van der Waals surface area contributed by atoms with Gasteiger partial charge in [0.05, 0.1) is 17.7 Å². The highest BCUT2D eigenvalue weighted by Gasteiger charge is 2.29. The number of nitrogens with zero attached hydrogens (tertiary/aromatic N) is 2. The number of hydrogen-bond donors (Lipinski definition) is 1. The molecule has 0 saturated heterocycles. The number of rotatable bonds is 7. The second-order valence-electron chi connectivity index (χ2n) is 7.62. The average Bonchev–Trinajstić information content (AvgIpc) is 2.77. The maximum atomic E-state index is 13.4. The number of carbonyl (C=O) groups is 1. The van der Waals surface area contributed by atoms with Crippen molar-refractivity contribution >= 4 is 38.9 Å². The van der Waals surface area contributed by atoms with Gasteiger partial charge in [-0.3, -0.25) is 9.10 Å². The largest absolute Gasteiger partial charge is 0.495 e. The monoisotopic (exact) mass is 477 g/mol. The number of carbonyl (C=O) groups excluding carboxylic acids is 1. The van der Waals surface area contributed by atoms with Crippen molar-refractivity contribution in [1.29, 1.82) is 0 Å². The summed E-state index contributed by atoms with van der Waals surface area (Å²) in [6, 6.07) is 12.6. The van der Waals surface area contributed by atoms with Crippen LogP contribution in [0, 0.1) is 0 Å². The molecule has 3 rings (SSSR count). The van der Waals surface area contributed by atoms with Gasteiger partial charge in [-0.15, -0.1) is 0 Å². The average molecular weight is 478 g/mol. The highest BCUT2D eigenvalue weighted by molar-refractivity contribution is 7.92. The molecule has 0 bridgehead atoms. The Hall–Kier alpha value is -2.58. The highest BCUT2D eigenvalue weighted by Crippen LogP contribution is 2.34. The normalized spacial score (nSPS) is 14.8. The number of benzene rings is 2. The fraction of sp³-hybridized carbons (Fsp3) is 0.391. The number of sulfonamides is 1. The lowest BCUT2D eigenvalue weighted by Gasteiger charge is -2.25. The van der Waals surface area contributed by atoms with Gasteiger partial charge in [0.15, 0.2) is 0 Å². The quantitative estimate of drug-likeness (QED) is 0.582. The summed E-state index contributed by atoms with van der Waals surface area (Å²) < 4.78 is 33.2. The van der Waals surface area contributed by atoms with Crippen molar-refractivity contribution in [2.24, 2.45) is 5.10 Å². The van der Waals surface area contributed by atoms with Crippen LogP contribution >= 0.6 is 11.6 Å². The molecule has 0 spiro atoms. The van der Waals surface area contributed by atoms with Gasteiger partial charge in [-0.25, -0.2) is 13.8 Å². The number of anilines is 1. The molecule has 0 aromatic heterocycles. The van der Waals surface area contributed by atoms with E-state index in [1.165, 1.54) is 31.7 Å². The van der Waals surface area contributed by atoms with E-state index in [4.69, 9.17) is 16.3 Å². The fourth-order valence-electron chi connectivity index (χ4n) is 3.61. The van der Waals surface area contributed by atoms with Crippen molar-refractivity contribution in [1.82, 2.24) is 5.43 Å². The zero-order valence-electron chi connectivity index (χ0n) is 18.1. The zero-order valence-corrected chi connectivity index (χ0v) is 19.7. The third-order valence-electron chi connectivity index (χ3n) is 5.30. The molecular weight excluding hydrogens is 450 g/mol. The number of nitrogens with one attached hydrogen (secondary N) is 1. The Balaban J connectivity index is 1.89. The summed E-state index contributed by atoms with van der Waals surface area (Å²) in [5.74, 6) is -0.255. The Morgan fingerprint density at radius 3 is 2.38 bits per heavy atom. The Bertz CT molecular complexity index is 1050. The third kappa shape index (κ3) is 6.23. The molecular formula is C23H28ClN3O4S. The Morgan fingerprint density at radius 2 is 1.72 bits per heavy atom. The minimum Gasteiger partial charge on any atom is -0.495 e. The molecule has 1 N–H and O–H groups in total. The summed E-state index contributed by atoms with van der Waals surface area (Å²) in [7, 11) is -2.64. The molecule has 0 unspecified atom stereocenters. The number of hydrogen-bond acceptors (Lipinski definition) is 5.